The van der Waals surface area contributed by atoms with Crippen LogP contribution in [0.4, 0.5) is 14.5 Å². The zero-order valence-corrected chi connectivity index (χ0v) is 12.9. The van der Waals surface area contributed by atoms with E-state index in [9.17, 15) is 17.2 Å². The first kappa shape index (κ1) is 16.5. The fourth-order valence-electron chi connectivity index (χ4n) is 2.38. The molecule has 4 nitrogen and oxygen atoms in total. The monoisotopic (exact) mass is 339 g/mol. The van der Waals surface area contributed by atoms with Crippen molar-refractivity contribution in [2.45, 2.75) is 29.8 Å². The van der Waals surface area contributed by atoms with E-state index in [4.69, 9.17) is 16.3 Å². The molecular formula is C13H16ClF2NO3S. The molecule has 0 spiro atoms. The Hall–Kier alpha value is -0.920. The molecule has 1 fully saturated rings. The van der Waals surface area contributed by atoms with Gasteiger partial charge in [-0.05, 0) is 19.1 Å². The van der Waals surface area contributed by atoms with Gasteiger partial charge in [0.15, 0.2) is 0 Å². The lowest BCUT2D eigenvalue weighted by Crippen LogP contribution is -2.47. The smallest absolute Gasteiger partial charge is 0.341 e. The number of nitrogens with zero attached hydrogens (tertiary/aromatic N) is 1. The normalized spacial score (nSPS) is 23.6. The first-order chi connectivity index (χ1) is 9.86. The van der Waals surface area contributed by atoms with Crippen LogP contribution in [0.15, 0.2) is 29.2 Å². The maximum Gasteiger partial charge on any atom is 0.341 e. The second kappa shape index (κ2) is 6.46. The molecule has 1 aliphatic heterocycles. The van der Waals surface area contributed by atoms with Crippen molar-refractivity contribution in [2.75, 3.05) is 23.9 Å². The van der Waals surface area contributed by atoms with Crippen LogP contribution >= 0.6 is 11.6 Å². The summed E-state index contributed by atoms with van der Waals surface area (Å²) in [6, 6.07) is 5.78. The van der Waals surface area contributed by atoms with Gasteiger partial charge in [-0.2, -0.15) is 8.78 Å². The Morgan fingerprint density at radius 1 is 1.38 bits per heavy atom. The summed E-state index contributed by atoms with van der Waals surface area (Å²) >= 11 is 5.79. The maximum atomic E-state index is 12.8. The van der Waals surface area contributed by atoms with E-state index in [1.807, 2.05) is 6.92 Å². The second-order valence-electron chi connectivity index (χ2n) is 4.90. The highest BCUT2D eigenvalue weighted by molar-refractivity contribution is 7.91. The molecule has 0 saturated carbocycles. The van der Waals surface area contributed by atoms with Crippen molar-refractivity contribution in [3.8, 4) is 0 Å². The predicted octanol–water partition coefficient (Wildman–Crippen LogP) is 2.52. The van der Waals surface area contributed by atoms with Crippen LogP contribution in [0, 0.1) is 0 Å². The van der Waals surface area contributed by atoms with Crippen molar-refractivity contribution in [3.05, 3.63) is 24.3 Å². The number of benzene rings is 1. The topological polar surface area (TPSA) is 46.6 Å². The van der Waals surface area contributed by atoms with Gasteiger partial charge in [-0.3, -0.25) is 0 Å². The van der Waals surface area contributed by atoms with Crippen molar-refractivity contribution in [1.82, 2.24) is 0 Å². The summed E-state index contributed by atoms with van der Waals surface area (Å²) in [6.45, 7) is 2.61. The average Bonchev–Trinajstić information content (AvgIpc) is 2.46. The number of morpholine rings is 1. The predicted molar refractivity (Wildman–Crippen MR) is 76.9 cm³/mol. The molecule has 2 unspecified atom stereocenters. The molecule has 0 amide bonds. The molecule has 1 heterocycles. The number of anilines is 1. The minimum atomic E-state index is -4.65. The number of para-hydroxylation sites is 1. The van der Waals surface area contributed by atoms with Gasteiger partial charge in [0.05, 0.1) is 28.7 Å². The number of sulfone groups is 1. The highest BCUT2D eigenvalue weighted by Crippen LogP contribution is 2.31. The molecule has 0 aliphatic carbocycles. The Labute approximate surface area is 127 Å². The van der Waals surface area contributed by atoms with Crippen LogP contribution in [0.2, 0.25) is 0 Å². The highest BCUT2D eigenvalue weighted by atomic mass is 35.5. The number of rotatable bonds is 4. The first-order valence-electron chi connectivity index (χ1n) is 6.43. The van der Waals surface area contributed by atoms with Crippen LogP contribution in [0.5, 0.6) is 0 Å². The van der Waals surface area contributed by atoms with E-state index >= 15 is 0 Å². The van der Waals surface area contributed by atoms with E-state index in [2.05, 4.69) is 0 Å². The summed E-state index contributed by atoms with van der Waals surface area (Å²) in [7, 11) is -4.65. The van der Waals surface area contributed by atoms with Gasteiger partial charge < -0.3 is 9.64 Å². The van der Waals surface area contributed by atoms with Crippen LogP contribution < -0.4 is 4.90 Å². The lowest BCUT2D eigenvalue weighted by atomic mass is 10.2. The molecule has 8 heteroatoms. The van der Waals surface area contributed by atoms with Gasteiger partial charge in [0.25, 0.3) is 0 Å². The van der Waals surface area contributed by atoms with Gasteiger partial charge in [-0.1, -0.05) is 12.1 Å². The zero-order chi connectivity index (χ0) is 15.6. The average molecular weight is 340 g/mol. The lowest BCUT2D eigenvalue weighted by molar-refractivity contribution is -0.00348. The van der Waals surface area contributed by atoms with Gasteiger partial charge >= 0.3 is 5.76 Å². The Kier molecular flexibility index (Phi) is 5.06. The molecule has 1 aromatic carbocycles. The van der Waals surface area contributed by atoms with E-state index in [0.29, 0.717) is 13.1 Å². The number of hydrogen-bond donors (Lipinski definition) is 0. The van der Waals surface area contributed by atoms with E-state index < -0.39 is 15.6 Å². The Morgan fingerprint density at radius 2 is 2.05 bits per heavy atom. The SMILES string of the molecule is CC1CN(c2ccccc2S(=O)(=O)C(F)F)CC(CCl)O1. The second-order valence-corrected chi connectivity index (χ2v) is 7.10. The van der Waals surface area contributed by atoms with Gasteiger partial charge in [-0.15, -0.1) is 11.6 Å². The number of alkyl halides is 3. The van der Waals surface area contributed by atoms with Crippen molar-refractivity contribution in [2.24, 2.45) is 0 Å². The largest absolute Gasteiger partial charge is 0.370 e. The Morgan fingerprint density at radius 3 is 2.67 bits per heavy atom. The molecule has 0 bridgehead atoms. The molecule has 21 heavy (non-hydrogen) atoms. The number of halogens is 3. The lowest BCUT2D eigenvalue weighted by Gasteiger charge is -2.38. The minimum absolute atomic E-state index is 0.162. The Balaban J connectivity index is 2.41. The Bertz CT molecular complexity index is 597. The summed E-state index contributed by atoms with van der Waals surface area (Å²) in [5.41, 5.74) is 0.267. The van der Waals surface area contributed by atoms with Crippen molar-refractivity contribution >= 4 is 27.1 Å². The van der Waals surface area contributed by atoms with E-state index in [1.54, 1.807) is 11.0 Å². The van der Waals surface area contributed by atoms with Gasteiger partial charge in [-0.25, -0.2) is 8.42 Å². The van der Waals surface area contributed by atoms with Gasteiger partial charge in [0, 0.05) is 13.1 Å². The molecule has 0 radical (unpaired) electrons. The van der Waals surface area contributed by atoms with Crippen LogP contribution in [0.1, 0.15) is 6.92 Å². The summed E-state index contributed by atoms with van der Waals surface area (Å²) in [5.74, 6) is -3.19. The maximum absolute atomic E-state index is 12.8. The fourth-order valence-corrected chi connectivity index (χ4v) is 3.50. The minimum Gasteiger partial charge on any atom is -0.370 e. The molecule has 118 valence electrons. The van der Waals surface area contributed by atoms with Crippen LogP contribution in [-0.4, -0.2) is 45.4 Å². The third kappa shape index (κ3) is 3.46. The van der Waals surface area contributed by atoms with Crippen molar-refractivity contribution in [1.29, 1.82) is 0 Å². The van der Waals surface area contributed by atoms with Crippen molar-refractivity contribution in [3.63, 3.8) is 0 Å². The summed E-state index contributed by atoms with van der Waals surface area (Å²) in [6.07, 6.45) is -0.428. The summed E-state index contributed by atoms with van der Waals surface area (Å²) in [4.78, 5) is 1.37. The molecule has 1 aromatic rings. The third-order valence-corrected chi connectivity index (χ3v) is 5.02. The summed E-state index contributed by atoms with van der Waals surface area (Å²) < 4.78 is 54.8. The van der Waals surface area contributed by atoms with E-state index in [-0.39, 0.29) is 28.7 Å². The number of hydrogen-bond acceptors (Lipinski definition) is 4. The molecule has 0 aromatic heterocycles. The zero-order valence-electron chi connectivity index (χ0n) is 11.4. The molecule has 1 aliphatic rings. The van der Waals surface area contributed by atoms with E-state index in [0.717, 1.165) is 0 Å². The first-order valence-corrected chi connectivity index (χ1v) is 8.51. The quantitative estimate of drug-likeness (QED) is 0.791. The van der Waals surface area contributed by atoms with Crippen LogP contribution in [0.3, 0.4) is 0 Å². The van der Waals surface area contributed by atoms with Crippen molar-refractivity contribution < 1.29 is 21.9 Å². The highest BCUT2D eigenvalue weighted by Gasteiger charge is 2.33. The molecule has 2 atom stereocenters. The number of ether oxygens (including phenoxy) is 1. The van der Waals surface area contributed by atoms with E-state index in [1.165, 1.54) is 18.2 Å². The summed E-state index contributed by atoms with van der Waals surface area (Å²) in [5, 5.41) is 0. The molecular weight excluding hydrogens is 324 g/mol. The standard InChI is InChI=1S/C13H16ClF2NO3S/c1-9-7-17(8-10(6-14)20-9)11-4-2-3-5-12(11)21(18,19)13(15)16/h2-5,9-10,13H,6-8H2,1H3. The van der Waals surface area contributed by atoms with Crippen LogP contribution in [0.25, 0.3) is 0 Å². The van der Waals surface area contributed by atoms with Crippen LogP contribution in [-0.2, 0) is 14.6 Å². The van der Waals surface area contributed by atoms with Gasteiger partial charge in [0.2, 0.25) is 9.84 Å². The fraction of sp³-hybridized carbons (Fsp3) is 0.538. The molecule has 0 N–H and O–H groups in total. The van der Waals surface area contributed by atoms with Gasteiger partial charge in [0.1, 0.15) is 0 Å². The molecule has 2 rings (SSSR count). The molecule has 1 saturated heterocycles. The third-order valence-electron chi connectivity index (χ3n) is 3.25.